The minimum Gasteiger partial charge on any atom is -0.465 e. The van der Waals surface area contributed by atoms with Crippen LogP contribution in [0.15, 0.2) is 47.8 Å². The number of hydrogen-bond acceptors (Lipinski definition) is 7. The number of hydrogen-bond donors (Lipinski definition) is 3. The standard InChI is InChI=1S/C18H17ClN6O2/c1-27-18(26)11-2-3-22-14(8-11)5-10-4-12-7-13(19)9-23-16(12)15(6-10)17(24-20)25-21/h2-4,6-9H,5,20-21H2,1H3,(H,24,25). The molecule has 3 rings (SSSR count). The number of amidine groups is 1. The predicted molar refractivity (Wildman–Crippen MR) is 103 cm³/mol. The summed E-state index contributed by atoms with van der Waals surface area (Å²) in [4.78, 5) is 20.4. The summed E-state index contributed by atoms with van der Waals surface area (Å²) in [6.07, 6.45) is 3.57. The number of carbonyl (C=O) groups is 1. The molecule has 0 saturated heterocycles. The van der Waals surface area contributed by atoms with Gasteiger partial charge in [0, 0.05) is 35.5 Å². The molecule has 0 aliphatic rings. The Kier molecular flexibility index (Phi) is 5.49. The molecule has 138 valence electrons. The third-order valence-electron chi connectivity index (χ3n) is 3.95. The molecule has 0 amide bonds. The van der Waals surface area contributed by atoms with Crippen molar-refractivity contribution in [2.45, 2.75) is 6.42 Å². The van der Waals surface area contributed by atoms with Crippen LogP contribution in [0.3, 0.4) is 0 Å². The van der Waals surface area contributed by atoms with E-state index in [1.54, 1.807) is 30.6 Å². The van der Waals surface area contributed by atoms with Crippen molar-refractivity contribution in [3.63, 3.8) is 0 Å². The van der Waals surface area contributed by atoms with Gasteiger partial charge in [0.2, 0.25) is 0 Å². The first kappa shape index (κ1) is 18.6. The maximum absolute atomic E-state index is 11.7. The maximum Gasteiger partial charge on any atom is 0.337 e. The van der Waals surface area contributed by atoms with Crippen molar-refractivity contribution in [3.05, 3.63) is 70.1 Å². The van der Waals surface area contributed by atoms with Gasteiger partial charge in [-0.3, -0.25) is 9.97 Å². The lowest BCUT2D eigenvalue weighted by Crippen LogP contribution is -2.32. The Morgan fingerprint density at radius 3 is 2.81 bits per heavy atom. The molecule has 0 radical (unpaired) electrons. The molecule has 0 bridgehead atoms. The lowest BCUT2D eigenvalue weighted by atomic mass is 10.0. The summed E-state index contributed by atoms with van der Waals surface area (Å²) in [5.74, 6) is 10.8. The van der Waals surface area contributed by atoms with Crippen LogP contribution in [0.25, 0.3) is 10.9 Å². The molecule has 0 aliphatic carbocycles. The van der Waals surface area contributed by atoms with E-state index in [0.717, 1.165) is 10.9 Å². The molecule has 0 aliphatic heterocycles. The number of nitrogens with one attached hydrogen (secondary N) is 1. The number of esters is 1. The van der Waals surface area contributed by atoms with Crippen LogP contribution in [-0.2, 0) is 11.2 Å². The molecule has 2 heterocycles. The molecule has 9 heteroatoms. The summed E-state index contributed by atoms with van der Waals surface area (Å²) < 4.78 is 4.75. The molecular formula is C18H17ClN6O2. The number of halogens is 1. The maximum atomic E-state index is 11.7. The highest BCUT2D eigenvalue weighted by molar-refractivity contribution is 6.31. The molecule has 8 nitrogen and oxygen atoms in total. The summed E-state index contributed by atoms with van der Waals surface area (Å²) in [6, 6.07) is 8.88. The number of pyridine rings is 2. The Morgan fingerprint density at radius 1 is 1.30 bits per heavy atom. The van der Waals surface area contributed by atoms with E-state index < -0.39 is 5.97 Å². The summed E-state index contributed by atoms with van der Waals surface area (Å²) in [5.41, 5.74) is 5.79. The van der Waals surface area contributed by atoms with E-state index in [-0.39, 0.29) is 5.84 Å². The Bertz CT molecular complexity index is 1040. The van der Waals surface area contributed by atoms with E-state index in [0.29, 0.717) is 33.8 Å². The van der Waals surface area contributed by atoms with Crippen LogP contribution < -0.4 is 17.1 Å². The van der Waals surface area contributed by atoms with E-state index in [4.69, 9.17) is 28.0 Å². The number of hydrazone groups is 1. The number of hydrazine groups is 1. The third kappa shape index (κ3) is 3.97. The van der Waals surface area contributed by atoms with Crippen molar-refractivity contribution in [1.82, 2.24) is 15.4 Å². The van der Waals surface area contributed by atoms with Crippen molar-refractivity contribution in [2.24, 2.45) is 16.8 Å². The van der Waals surface area contributed by atoms with Gasteiger partial charge in [-0.1, -0.05) is 11.6 Å². The van der Waals surface area contributed by atoms with Crippen LogP contribution in [0.2, 0.25) is 5.02 Å². The lowest BCUT2D eigenvalue weighted by molar-refractivity contribution is 0.0600. The third-order valence-corrected chi connectivity index (χ3v) is 4.16. The number of rotatable bonds is 4. The number of aromatic nitrogens is 2. The fraction of sp³-hybridized carbons (Fsp3) is 0.111. The van der Waals surface area contributed by atoms with Crippen molar-refractivity contribution in [1.29, 1.82) is 0 Å². The molecule has 5 N–H and O–H groups in total. The Balaban J connectivity index is 2.08. The molecule has 0 saturated carbocycles. The van der Waals surface area contributed by atoms with Crippen molar-refractivity contribution in [3.8, 4) is 0 Å². The summed E-state index contributed by atoms with van der Waals surface area (Å²) in [6.45, 7) is 0. The number of carbonyl (C=O) groups excluding carboxylic acids is 1. The monoisotopic (exact) mass is 384 g/mol. The molecule has 27 heavy (non-hydrogen) atoms. The van der Waals surface area contributed by atoms with Gasteiger partial charge in [0.25, 0.3) is 0 Å². The molecule has 0 spiro atoms. The van der Waals surface area contributed by atoms with Crippen LogP contribution in [0.1, 0.15) is 27.2 Å². The molecule has 0 fully saturated rings. The highest BCUT2D eigenvalue weighted by Crippen LogP contribution is 2.24. The van der Waals surface area contributed by atoms with Gasteiger partial charge in [-0.15, -0.1) is 0 Å². The number of methoxy groups -OCH3 is 1. The molecule has 1 aromatic carbocycles. The zero-order chi connectivity index (χ0) is 19.4. The Labute approximate surface area is 160 Å². The summed E-state index contributed by atoms with van der Waals surface area (Å²) in [7, 11) is 1.34. The zero-order valence-corrected chi connectivity index (χ0v) is 15.2. The Hall–Kier alpha value is -3.23. The van der Waals surface area contributed by atoms with Crippen LogP contribution in [0, 0.1) is 0 Å². The number of benzene rings is 1. The molecule has 0 atom stereocenters. The highest BCUT2D eigenvalue weighted by Gasteiger charge is 2.13. The normalized spacial score (nSPS) is 11.4. The average molecular weight is 385 g/mol. The van der Waals surface area contributed by atoms with E-state index in [1.807, 2.05) is 12.1 Å². The average Bonchev–Trinajstić information content (AvgIpc) is 2.68. The van der Waals surface area contributed by atoms with Gasteiger partial charge in [-0.05, 0) is 35.9 Å². The zero-order valence-electron chi connectivity index (χ0n) is 14.4. The van der Waals surface area contributed by atoms with Crippen LogP contribution in [-0.4, -0.2) is 28.9 Å². The highest BCUT2D eigenvalue weighted by atomic mass is 35.5. The van der Waals surface area contributed by atoms with Crippen LogP contribution in [0.5, 0.6) is 0 Å². The van der Waals surface area contributed by atoms with E-state index >= 15 is 0 Å². The second-order valence-electron chi connectivity index (χ2n) is 5.69. The van der Waals surface area contributed by atoms with Gasteiger partial charge >= 0.3 is 5.97 Å². The molecule has 3 aromatic rings. The summed E-state index contributed by atoms with van der Waals surface area (Å²) in [5, 5.41) is 4.98. The topological polar surface area (TPSA) is 129 Å². The fourth-order valence-corrected chi connectivity index (χ4v) is 2.95. The summed E-state index contributed by atoms with van der Waals surface area (Å²) >= 11 is 6.08. The first-order valence-corrected chi connectivity index (χ1v) is 8.29. The molecule has 0 unspecified atom stereocenters. The minimum absolute atomic E-state index is 0.285. The quantitative estimate of drug-likeness (QED) is 0.205. The number of fused-ring (bicyclic) bond motifs is 1. The van der Waals surface area contributed by atoms with Gasteiger partial charge in [0.1, 0.15) is 0 Å². The van der Waals surface area contributed by atoms with E-state index in [1.165, 1.54) is 7.11 Å². The number of ether oxygens (including phenoxy) is 1. The van der Waals surface area contributed by atoms with Gasteiger partial charge < -0.3 is 16.0 Å². The smallest absolute Gasteiger partial charge is 0.337 e. The van der Waals surface area contributed by atoms with Gasteiger partial charge in [0.15, 0.2) is 5.84 Å². The minimum atomic E-state index is -0.418. The van der Waals surface area contributed by atoms with Crippen LogP contribution in [0.4, 0.5) is 0 Å². The van der Waals surface area contributed by atoms with Crippen molar-refractivity contribution < 1.29 is 9.53 Å². The van der Waals surface area contributed by atoms with Gasteiger partial charge in [0.05, 0.1) is 23.2 Å². The first-order chi connectivity index (χ1) is 13.0. The van der Waals surface area contributed by atoms with Gasteiger partial charge in [-0.25, -0.2) is 10.6 Å². The first-order valence-electron chi connectivity index (χ1n) is 7.92. The largest absolute Gasteiger partial charge is 0.465 e. The Morgan fingerprint density at radius 2 is 2.11 bits per heavy atom. The van der Waals surface area contributed by atoms with E-state index in [2.05, 4.69) is 20.5 Å². The molecule has 2 aromatic heterocycles. The SMILES string of the molecule is COC(=O)c1ccnc(Cc2cc(/C(=N/N)NN)c3ncc(Cl)cc3c2)c1. The van der Waals surface area contributed by atoms with Crippen molar-refractivity contribution in [2.75, 3.05) is 7.11 Å². The molecular weight excluding hydrogens is 368 g/mol. The number of nitrogens with two attached hydrogens (primary N) is 2. The second kappa shape index (κ2) is 7.98. The van der Waals surface area contributed by atoms with Gasteiger partial charge in [-0.2, -0.15) is 5.10 Å². The van der Waals surface area contributed by atoms with E-state index in [9.17, 15) is 4.79 Å². The lowest BCUT2D eigenvalue weighted by Gasteiger charge is -2.11. The predicted octanol–water partition coefficient (Wildman–Crippen LogP) is 1.74. The fourth-order valence-electron chi connectivity index (χ4n) is 2.78. The second-order valence-corrected chi connectivity index (χ2v) is 6.13. The van der Waals surface area contributed by atoms with Crippen molar-refractivity contribution >= 4 is 34.3 Å². The number of nitrogens with zero attached hydrogens (tertiary/aromatic N) is 3. The van der Waals surface area contributed by atoms with Crippen LogP contribution >= 0.6 is 11.6 Å².